The van der Waals surface area contributed by atoms with Crippen LogP contribution in [-0.2, 0) is 9.59 Å². The standard InChI is InChI=1S/C27H30N2O4/c1-4-6-13-29-24(20-16-28-21-10-8-7-9-19(20)21)23(26(31)27(29)32)25(30)18-11-12-22(17(3)15-18)33-14-5-2/h7-12,15-16,24,28,30H,4-6,13-14H2,1-3H3/b25-23+. The van der Waals surface area contributed by atoms with E-state index in [1.165, 1.54) is 0 Å². The van der Waals surface area contributed by atoms with Gasteiger partial charge in [0.15, 0.2) is 0 Å². The highest BCUT2D eigenvalue weighted by atomic mass is 16.5. The number of H-pyrrole nitrogens is 1. The molecule has 1 aromatic heterocycles. The van der Waals surface area contributed by atoms with Gasteiger partial charge in [0.05, 0.1) is 18.2 Å². The Kier molecular flexibility index (Phi) is 6.54. The minimum absolute atomic E-state index is 0.127. The number of aliphatic hydroxyl groups is 1. The van der Waals surface area contributed by atoms with Gasteiger partial charge >= 0.3 is 0 Å². The van der Waals surface area contributed by atoms with Crippen LogP contribution in [0.1, 0.15) is 55.8 Å². The quantitative estimate of drug-likeness (QED) is 0.272. The van der Waals surface area contributed by atoms with Gasteiger partial charge in [0, 0.05) is 34.8 Å². The topological polar surface area (TPSA) is 82.6 Å². The lowest BCUT2D eigenvalue weighted by Crippen LogP contribution is -2.30. The molecule has 0 radical (unpaired) electrons. The summed E-state index contributed by atoms with van der Waals surface area (Å²) < 4.78 is 5.74. The third-order valence-corrected chi connectivity index (χ3v) is 6.12. The summed E-state index contributed by atoms with van der Waals surface area (Å²) in [6.45, 7) is 7.04. The number of ketones is 1. The number of Topliss-reactive ketones (excluding diaryl/α,β-unsaturated/α-hetero) is 1. The van der Waals surface area contributed by atoms with Crippen molar-refractivity contribution in [1.29, 1.82) is 0 Å². The van der Waals surface area contributed by atoms with Crippen LogP contribution in [0.2, 0.25) is 0 Å². The van der Waals surface area contributed by atoms with Gasteiger partial charge in [-0.1, -0.05) is 38.5 Å². The highest BCUT2D eigenvalue weighted by Gasteiger charge is 2.46. The lowest BCUT2D eigenvalue weighted by molar-refractivity contribution is -0.139. The second kappa shape index (κ2) is 9.53. The van der Waals surface area contributed by atoms with Crippen LogP contribution < -0.4 is 4.74 Å². The monoisotopic (exact) mass is 446 g/mol. The number of carbonyl (C=O) groups is 2. The number of aliphatic hydroxyl groups excluding tert-OH is 1. The van der Waals surface area contributed by atoms with Crippen LogP contribution in [0.5, 0.6) is 5.75 Å². The highest BCUT2D eigenvalue weighted by molar-refractivity contribution is 6.46. The first kappa shape index (κ1) is 22.6. The second-order valence-corrected chi connectivity index (χ2v) is 8.46. The number of ether oxygens (including phenoxy) is 1. The molecule has 1 aliphatic rings. The van der Waals surface area contributed by atoms with E-state index in [9.17, 15) is 14.7 Å². The fourth-order valence-corrected chi connectivity index (χ4v) is 4.41. The van der Waals surface area contributed by atoms with Crippen LogP contribution in [0.25, 0.3) is 16.7 Å². The zero-order chi connectivity index (χ0) is 23.5. The third-order valence-electron chi connectivity index (χ3n) is 6.12. The van der Waals surface area contributed by atoms with Crippen molar-refractivity contribution >= 4 is 28.4 Å². The Morgan fingerprint density at radius 1 is 1.12 bits per heavy atom. The molecule has 2 heterocycles. The summed E-state index contributed by atoms with van der Waals surface area (Å²) in [4.78, 5) is 31.1. The molecule has 172 valence electrons. The second-order valence-electron chi connectivity index (χ2n) is 8.46. The Labute approximate surface area is 193 Å². The maximum absolute atomic E-state index is 13.2. The number of aromatic nitrogens is 1. The number of nitrogens with one attached hydrogen (secondary N) is 1. The number of benzene rings is 2. The summed E-state index contributed by atoms with van der Waals surface area (Å²) in [5.74, 6) is -0.638. The zero-order valence-corrected chi connectivity index (χ0v) is 19.4. The number of rotatable bonds is 8. The van der Waals surface area contributed by atoms with Gasteiger partial charge in [-0.2, -0.15) is 0 Å². The molecule has 0 spiro atoms. The van der Waals surface area contributed by atoms with Crippen LogP contribution in [0, 0.1) is 6.92 Å². The number of fused-ring (bicyclic) bond motifs is 1. The van der Waals surface area contributed by atoms with Crippen molar-refractivity contribution in [2.24, 2.45) is 0 Å². The molecule has 1 atom stereocenters. The van der Waals surface area contributed by atoms with E-state index < -0.39 is 17.7 Å². The molecular weight excluding hydrogens is 416 g/mol. The maximum Gasteiger partial charge on any atom is 0.295 e. The summed E-state index contributed by atoms with van der Waals surface area (Å²) in [5, 5.41) is 12.2. The first-order chi connectivity index (χ1) is 16.0. The van der Waals surface area contributed by atoms with Crippen LogP contribution in [0.15, 0.2) is 54.2 Å². The predicted octanol–water partition coefficient (Wildman–Crippen LogP) is 5.49. The molecule has 6 heteroatoms. The molecule has 3 aromatic rings. The van der Waals surface area contributed by atoms with Gasteiger partial charge in [-0.3, -0.25) is 9.59 Å². The van der Waals surface area contributed by atoms with Crippen LogP contribution >= 0.6 is 0 Å². The normalized spacial score (nSPS) is 17.8. The number of unbranched alkanes of at least 4 members (excludes halogenated alkanes) is 1. The molecule has 1 aliphatic heterocycles. The first-order valence-corrected chi connectivity index (χ1v) is 11.6. The van der Waals surface area contributed by atoms with Crippen LogP contribution in [0.3, 0.4) is 0 Å². The fourth-order valence-electron chi connectivity index (χ4n) is 4.41. The summed E-state index contributed by atoms with van der Waals surface area (Å²) in [6.07, 6.45) is 4.39. The summed E-state index contributed by atoms with van der Waals surface area (Å²) >= 11 is 0. The number of hydrogen-bond donors (Lipinski definition) is 2. The van der Waals surface area contributed by atoms with Crippen molar-refractivity contribution in [3.05, 3.63) is 70.9 Å². The SMILES string of the molecule is CCCCN1C(=O)C(=O)/C(=C(/O)c2ccc(OCCC)c(C)c2)C1c1c[nH]c2ccccc12. The van der Waals surface area contributed by atoms with E-state index in [4.69, 9.17) is 4.74 Å². The Morgan fingerprint density at radius 2 is 1.91 bits per heavy atom. The Bertz CT molecular complexity index is 1220. The minimum Gasteiger partial charge on any atom is -0.507 e. The van der Waals surface area contributed by atoms with Crippen LogP contribution in [0.4, 0.5) is 0 Å². The molecule has 1 fully saturated rings. The Morgan fingerprint density at radius 3 is 2.64 bits per heavy atom. The molecule has 0 bridgehead atoms. The number of amides is 1. The number of para-hydroxylation sites is 1. The molecule has 1 unspecified atom stereocenters. The molecule has 1 amide bonds. The van der Waals surface area contributed by atoms with Crippen molar-refractivity contribution < 1.29 is 19.4 Å². The van der Waals surface area contributed by atoms with Gasteiger partial charge in [0.1, 0.15) is 11.5 Å². The number of aromatic amines is 1. The fraction of sp³-hybridized carbons (Fsp3) is 0.333. The van der Waals surface area contributed by atoms with Crippen molar-refractivity contribution in [3.8, 4) is 5.75 Å². The average Bonchev–Trinajstić information content (AvgIpc) is 3.35. The van der Waals surface area contributed by atoms with E-state index in [0.717, 1.165) is 47.0 Å². The maximum atomic E-state index is 13.2. The number of nitrogens with zero attached hydrogens (tertiary/aromatic N) is 1. The largest absolute Gasteiger partial charge is 0.507 e. The summed E-state index contributed by atoms with van der Waals surface area (Å²) in [7, 11) is 0. The average molecular weight is 447 g/mol. The minimum atomic E-state index is -0.650. The molecule has 6 nitrogen and oxygen atoms in total. The molecule has 0 saturated carbocycles. The van der Waals surface area contributed by atoms with Crippen molar-refractivity contribution in [1.82, 2.24) is 9.88 Å². The molecule has 33 heavy (non-hydrogen) atoms. The molecule has 0 aliphatic carbocycles. The molecule has 4 rings (SSSR count). The lowest BCUT2D eigenvalue weighted by atomic mass is 9.94. The van der Waals surface area contributed by atoms with E-state index in [1.807, 2.05) is 51.2 Å². The third kappa shape index (κ3) is 4.13. The highest BCUT2D eigenvalue weighted by Crippen LogP contribution is 2.42. The van der Waals surface area contributed by atoms with E-state index in [0.29, 0.717) is 18.7 Å². The van der Waals surface area contributed by atoms with E-state index in [1.54, 1.807) is 23.1 Å². The van der Waals surface area contributed by atoms with Gasteiger partial charge in [-0.05, 0) is 49.6 Å². The van der Waals surface area contributed by atoms with E-state index in [-0.39, 0.29) is 11.3 Å². The summed E-state index contributed by atoms with van der Waals surface area (Å²) in [5.41, 5.74) is 3.21. The Balaban J connectivity index is 1.85. The van der Waals surface area contributed by atoms with E-state index in [2.05, 4.69) is 4.98 Å². The van der Waals surface area contributed by atoms with Crippen molar-refractivity contribution in [2.75, 3.05) is 13.2 Å². The predicted molar refractivity (Wildman–Crippen MR) is 129 cm³/mol. The smallest absolute Gasteiger partial charge is 0.295 e. The van der Waals surface area contributed by atoms with Gasteiger partial charge < -0.3 is 19.7 Å². The zero-order valence-electron chi connectivity index (χ0n) is 19.4. The number of aryl methyl sites for hydroxylation is 1. The number of hydrogen-bond acceptors (Lipinski definition) is 4. The molecular formula is C27H30N2O4. The first-order valence-electron chi connectivity index (χ1n) is 11.6. The lowest BCUT2D eigenvalue weighted by Gasteiger charge is -2.24. The van der Waals surface area contributed by atoms with Crippen LogP contribution in [-0.4, -0.2) is 39.8 Å². The van der Waals surface area contributed by atoms with Crippen molar-refractivity contribution in [2.45, 2.75) is 46.1 Å². The van der Waals surface area contributed by atoms with Gasteiger partial charge in [-0.25, -0.2) is 0 Å². The van der Waals surface area contributed by atoms with Gasteiger partial charge in [0.25, 0.3) is 11.7 Å². The van der Waals surface area contributed by atoms with Gasteiger partial charge in [0.2, 0.25) is 0 Å². The summed E-state index contributed by atoms with van der Waals surface area (Å²) in [6, 6.07) is 12.5. The van der Waals surface area contributed by atoms with E-state index >= 15 is 0 Å². The van der Waals surface area contributed by atoms with Gasteiger partial charge in [-0.15, -0.1) is 0 Å². The molecule has 2 aromatic carbocycles. The van der Waals surface area contributed by atoms with Crippen molar-refractivity contribution in [3.63, 3.8) is 0 Å². The molecule has 1 saturated heterocycles. The molecule has 2 N–H and O–H groups in total. The number of likely N-dealkylation sites (tertiary alicyclic amines) is 1. The number of carbonyl (C=O) groups excluding carboxylic acids is 2. The Hall–Kier alpha value is -3.54.